The number of hydrogen-bond acceptors (Lipinski definition) is 5. The number of hydrogen-bond donors (Lipinski definition) is 1. The van der Waals surface area contributed by atoms with Crippen molar-refractivity contribution in [2.24, 2.45) is 0 Å². The Kier molecular flexibility index (Phi) is 8.83. The van der Waals surface area contributed by atoms with Crippen LogP contribution in [0.25, 0.3) is 0 Å². The van der Waals surface area contributed by atoms with E-state index < -0.39 is 35.1 Å². The number of carbonyl (C=O) groups is 1. The second kappa shape index (κ2) is 9.21. The van der Waals surface area contributed by atoms with Crippen LogP contribution in [0.1, 0.15) is 45.4 Å². The van der Waals surface area contributed by atoms with Crippen molar-refractivity contribution < 1.29 is 39.9 Å². The predicted octanol–water partition coefficient (Wildman–Crippen LogP) is 2.64. The molecule has 0 aromatic heterocycles. The topological polar surface area (TPSA) is 89.9 Å². The summed E-state index contributed by atoms with van der Waals surface area (Å²) >= 11 is 0. The van der Waals surface area contributed by atoms with Gasteiger partial charge in [-0.3, -0.25) is 4.55 Å². The third-order valence-corrected chi connectivity index (χ3v) is 2.98. The minimum Gasteiger partial charge on any atom is -0.464 e. The zero-order valence-corrected chi connectivity index (χ0v) is 12.4. The van der Waals surface area contributed by atoms with Gasteiger partial charge in [0.05, 0.1) is 6.61 Å². The molecule has 10 heteroatoms. The van der Waals surface area contributed by atoms with E-state index in [4.69, 9.17) is 9.29 Å². The van der Waals surface area contributed by atoms with Gasteiger partial charge in [-0.25, -0.2) is 8.98 Å². The molecule has 0 aromatic rings. The van der Waals surface area contributed by atoms with Crippen LogP contribution in [0.15, 0.2) is 0 Å². The Balaban J connectivity index is 3.57. The molecule has 126 valence electrons. The third-order valence-electron chi connectivity index (χ3n) is 2.45. The summed E-state index contributed by atoms with van der Waals surface area (Å²) in [5, 5.41) is 0. The van der Waals surface area contributed by atoms with E-state index >= 15 is 0 Å². The van der Waals surface area contributed by atoms with Gasteiger partial charge in [0.25, 0.3) is 0 Å². The monoisotopic (exact) mass is 336 g/mol. The van der Waals surface area contributed by atoms with Crippen molar-refractivity contribution in [3.8, 4) is 0 Å². The average Bonchev–Trinajstić information content (AvgIpc) is 2.28. The van der Waals surface area contributed by atoms with Crippen LogP contribution in [-0.4, -0.2) is 37.8 Å². The fourth-order valence-electron chi connectivity index (χ4n) is 1.47. The van der Waals surface area contributed by atoms with Gasteiger partial charge >= 0.3 is 22.5 Å². The van der Waals surface area contributed by atoms with Gasteiger partial charge in [-0.2, -0.15) is 21.6 Å². The van der Waals surface area contributed by atoms with Crippen molar-refractivity contribution in [1.29, 1.82) is 0 Å². The number of ether oxygens (including phenoxy) is 1. The molecule has 0 aliphatic heterocycles. The highest BCUT2D eigenvalue weighted by Gasteiger charge is 2.25. The number of esters is 1. The van der Waals surface area contributed by atoms with E-state index in [0.29, 0.717) is 25.7 Å². The van der Waals surface area contributed by atoms with Gasteiger partial charge in [0.2, 0.25) is 0 Å². The minimum atomic E-state index is -4.72. The van der Waals surface area contributed by atoms with Crippen LogP contribution in [-0.2, 0) is 24.1 Å². The van der Waals surface area contributed by atoms with Gasteiger partial charge in [-0.05, 0) is 19.8 Å². The fourth-order valence-corrected chi connectivity index (χ4v) is 1.91. The molecule has 6 nitrogen and oxygen atoms in total. The molecule has 1 unspecified atom stereocenters. The third kappa shape index (κ3) is 13.9. The van der Waals surface area contributed by atoms with Gasteiger partial charge < -0.3 is 4.74 Å². The van der Waals surface area contributed by atoms with E-state index in [0.717, 1.165) is 6.92 Å². The van der Waals surface area contributed by atoms with Crippen LogP contribution in [0.2, 0.25) is 0 Å². The molecule has 0 aliphatic carbocycles. The molecule has 0 bridgehead atoms. The van der Waals surface area contributed by atoms with Crippen molar-refractivity contribution in [1.82, 2.24) is 0 Å². The molecule has 0 fully saturated rings. The lowest BCUT2D eigenvalue weighted by Crippen LogP contribution is -2.26. The average molecular weight is 336 g/mol. The highest BCUT2D eigenvalue weighted by molar-refractivity contribution is 7.80. The second-order valence-electron chi connectivity index (χ2n) is 4.47. The summed E-state index contributed by atoms with van der Waals surface area (Å²) in [7, 11) is -4.72. The zero-order valence-electron chi connectivity index (χ0n) is 11.6. The summed E-state index contributed by atoms with van der Waals surface area (Å²) < 4.78 is 73.2. The first-order chi connectivity index (χ1) is 9.51. The molecule has 0 saturated carbocycles. The van der Waals surface area contributed by atoms with Gasteiger partial charge in [0, 0.05) is 6.42 Å². The van der Waals surface area contributed by atoms with Crippen molar-refractivity contribution in [2.45, 2.75) is 57.7 Å². The van der Waals surface area contributed by atoms with Crippen LogP contribution < -0.4 is 0 Å². The molecule has 21 heavy (non-hydrogen) atoms. The second-order valence-corrected chi connectivity index (χ2v) is 5.51. The number of alkyl halides is 3. The maximum atomic E-state index is 11.8. The summed E-state index contributed by atoms with van der Waals surface area (Å²) in [5.74, 6) is -0.940. The Hall–Kier alpha value is -0.870. The molecule has 0 rings (SSSR count). The van der Waals surface area contributed by atoms with E-state index in [-0.39, 0.29) is 13.0 Å². The highest BCUT2D eigenvalue weighted by atomic mass is 32.3. The first-order valence-corrected chi connectivity index (χ1v) is 7.77. The normalized spacial score (nSPS) is 14.0. The van der Waals surface area contributed by atoms with Crippen LogP contribution in [0.3, 0.4) is 0 Å². The molecule has 0 amide bonds. The first kappa shape index (κ1) is 20.1. The van der Waals surface area contributed by atoms with Crippen molar-refractivity contribution in [3.63, 3.8) is 0 Å². The molecule has 1 N–H and O–H groups in total. The van der Waals surface area contributed by atoms with E-state index in [1.165, 1.54) is 0 Å². The summed E-state index contributed by atoms with van der Waals surface area (Å²) in [6.07, 6.45) is -4.23. The Bertz CT molecular complexity index is 407. The zero-order chi connectivity index (χ0) is 16.5. The Morgan fingerprint density at radius 1 is 1.14 bits per heavy atom. The van der Waals surface area contributed by atoms with Crippen LogP contribution in [0, 0.1) is 0 Å². The van der Waals surface area contributed by atoms with Gasteiger partial charge in [-0.15, -0.1) is 0 Å². The molecule has 0 saturated heterocycles. The molecule has 1 atom stereocenters. The lowest BCUT2D eigenvalue weighted by molar-refractivity contribution is -0.151. The summed E-state index contributed by atoms with van der Waals surface area (Å²) in [5.41, 5.74) is 0. The lowest BCUT2D eigenvalue weighted by atomic mass is 10.1. The predicted molar refractivity (Wildman–Crippen MR) is 66.8 cm³/mol. The van der Waals surface area contributed by atoms with Crippen molar-refractivity contribution in [2.75, 3.05) is 6.61 Å². The highest BCUT2D eigenvalue weighted by Crippen LogP contribution is 2.22. The fraction of sp³-hybridized carbons (Fsp3) is 0.909. The molecular weight excluding hydrogens is 317 g/mol. The van der Waals surface area contributed by atoms with Crippen molar-refractivity contribution in [3.05, 3.63) is 0 Å². The summed E-state index contributed by atoms with van der Waals surface area (Å²) in [6.45, 7) is 1.12. The maximum absolute atomic E-state index is 11.8. The first-order valence-electron chi connectivity index (χ1n) is 6.40. The van der Waals surface area contributed by atoms with E-state index in [9.17, 15) is 26.4 Å². The Morgan fingerprint density at radius 3 is 2.19 bits per heavy atom. The van der Waals surface area contributed by atoms with Crippen LogP contribution in [0.5, 0.6) is 0 Å². The van der Waals surface area contributed by atoms with E-state index in [2.05, 4.69) is 4.18 Å². The molecular formula is C11H19F3O6S. The van der Waals surface area contributed by atoms with Gasteiger partial charge in [0.1, 0.15) is 0 Å². The minimum absolute atomic E-state index is 0.0112. The summed E-state index contributed by atoms with van der Waals surface area (Å²) in [4.78, 5) is 11.2. The number of carbonyl (C=O) groups excluding carboxylic acids is 1. The molecule has 0 aromatic carbocycles. The number of rotatable bonds is 10. The lowest BCUT2D eigenvalue weighted by Gasteiger charge is -2.10. The Labute approximate surface area is 121 Å². The standard InChI is InChI=1S/C11H19F3O6S/c1-9(20-21(16,17)18)10(15)19-8-6-4-2-3-5-7-11(12,13)14/h9H,2-8H2,1H3,(H,16,17,18). The van der Waals surface area contributed by atoms with Crippen molar-refractivity contribution >= 4 is 16.4 Å². The quantitative estimate of drug-likeness (QED) is 0.375. The molecule has 0 spiro atoms. The largest absolute Gasteiger partial charge is 0.464 e. The van der Waals surface area contributed by atoms with Gasteiger partial charge in [-0.1, -0.05) is 19.3 Å². The van der Waals surface area contributed by atoms with E-state index in [1.54, 1.807) is 0 Å². The smallest absolute Gasteiger partial charge is 0.398 e. The van der Waals surface area contributed by atoms with E-state index in [1.807, 2.05) is 0 Å². The number of unbranched alkanes of at least 4 members (excludes halogenated alkanes) is 4. The van der Waals surface area contributed by atoms with Gasteiger partial charge in [0.15, 0.2) is 6.10 Å². The molecule has 0 heterocycles. The maximum Gasteiger partial charge on any atom is 0.398 e. The molecule has 0 aliphatic rings. The SMILES string of the molecule is CC(OS(=O)(=O)O)C(=O)OCCCCCCCC(F)(F)F. The Morgan fingerprint density at radius 2 is 1.67 bits per heavy atom. The van der Waals surface area contributed by atoms with Crippen LogP contribution >= 0.6 is 0 Å². The number of halogens is 3. The summed E-state index contributed by atoms with van der Waals surface area (Å²) in [6, 6.07) is 0. The van der Waals surface area contributed by atoms with Crippen LogP contribution in [0.4, 0.5) is 13.2 Å². The molecule has 0 radical (unpaired) electrons.